The first-order valence-corrected chi connectivity index (χ1v) is 13.9. The van der Waals surface area contributed by atoms with Crippen molar-refractivity contribution in [3.63, 3.8) is 0 Å². The number of alkyl carbamates (subject to hydrolysis) is 1. The molecular formula is C29H43FN4O6. The second kappa shape index (κ2) is 13.8. The summed E-state index contributed by atoms with van der Waals surface area (Å²) >= 11 is 0. The number of nitrogens with zero attached hydrogens (tertiary/aromatic N) is 3. The van der Waals surface area contributed by atoms with E-state index < -0.39 is 29.5 Å². The summed E-state index contributed by atoms with van der Waals surface area (Å²) in [5, 5.41) is 6.52. The summed E-state index contributed by atoms with van der Waals surface area (Å²) in [6.45, 7) is 13.6. The summed E-state index contributed by atoms with van der Waals surface area (Å²) in [5.74, 6) is 1.15. The highest BCUT2D eigenvalue weighted by atomic mass is 19.1. The van der Waals surface area contributed by atoms with Crippen LogP contribution in [0.4, 0.5) is 15.2 Å². The first-order chi connectivity index (χ1) is 18.9. The lowest BCUT2D eigenvalue weighted by Gasteiger charge is -2.33. The van der Waals surface area contributed by atoms with Gasteiger partial charge >= 0.3 is 18.1 Å². The number of hydrogen-bond donors (Lipinski definition) is 1. The monoisotopic (exact) mass is 562 g/mol. The Morgan fingerprint density at radius 3 is 2.48 bits per heavy atom. The van der Waals surface area contributed by atoms with E-state index in [0.717, 1.165) is 38.2 Å². The van der Waals surface area contributed by atoms with E-state index in [9.17, 15) is 14.0 Å². The van der Waals surface area contributed by atoms with Gasteiger partial charge in [0, 0.05) is 31.5 Å². The van der Waals surface area contributed by atoms with E-state index in [4.69, 9.17) is 18.7 Å². The smallest absolute Gasteiger partial charge is 0.408 e. The van der Waals surface area contributed by atoms with Gasteiger partial charge < -0.3 is 29.0 Å². The zero-order valence-electron chi connectivity index (χ0n) is 24.7. The number of benzene rings is 1. The molecule has 1 amide bonds. The van der Waals surface area contributed by atoms with Gasteiger partial charge in [-0.3, -0.25) is 0 Å². The van der Waals surface area contributed by atoms with Crippen LogP contribution in [-0.4, -0.2) is 60.7 Å². The van der Waals surface area contributed by atoms with Crippen LogP contribution in [0.1, 0.15) is 78.1 Å². The number of esters is 1. The summed E-state index contributed by atoms with van der Waals surface area (Å²) in [5.41, 5.74) is -0.489. The van der Waals surface area contributed by atoms with Crippen molar-refractivity contribution in [2.75, 3.05) is 31.7 Å². The van der Waals surface area contributed by atoms with Crippen LogP contribution >= 0.6 is 0 Å². The Morgan fingerprint density at radius 2 is 1.90 bits per heavy atom. The van der Waals surface area contributed by atoms with Gasteiger partial charge in [0.2, 0.25) is 0 Å². The summed E-state index contributed by atoms with van der Waals surface area (Å²) in [6.07, 6.45) is 2.04. The van der Waals surface area contributed by atoms with Crippen LogP contribution in [0.3, 0.4) is 0 Å². The molecule has 0 bridgehead atoms. The summed E-state index contributed by atoms with van der Waals surface area (Å²) in [7, 11) is 1.21. The zero-order valence-corrected chi connectivity index (χ0v) is 24.7. The molecule has 0 spiro atoms. The van der Waals surface area contributed by atoms with Crippen LogP contribution in [0.25, 0.3) is 0 Å². The molecule has 40 heavy (non-hydrogen) atoms. The topological polar surface area (TPSA) is 116 Å². The average molecular weight is 563 g/mol. The number of rotatable bonds is 11. The molecule has 222 valence electrons. The van der Waals surface area contributed by atoms with Crippen molar-refractivity contribution in [2.24, 2.45) is 11.8 Å². The van der Waals surface area contributed by atoms with Gasteiger partial charge in [-0.2, -0.15) is 4.98 Å². The minimum atomic E-state index is -1.09. The minimum absolute atomic E-state index is 0.0872. The first kappa shape index (κ1) is 31.2. The number of piperidine rings is 1. The third-order valence-electron chi connectivity index (χ3n) is 7.03. The van der Waals surface area contributed by atoms with Crippen molar-refractivity contribution in [3.8, 4) is 5.75 Å². The Labute approximate surface area is 235 Å². The number of methoxy groups -OCH3 is 1. The molecule has 0 unspecified atom stereocenters. The molecule has 0 saturated carbocycles. The number of aromatic nitrogens is 2. The number of ether oxygens (including phenoxy) is 3. The molecular weight excluding hydrogens is 519 g/mol. The van der Waals surface area contributed by atoms with Crippen LogP contribution < -0.4 is 15.0 Å². The van der Waals surface area contributed by atoms with E-state index in [1.54, 1.807) is 32.9 Å². The molecule has 0 aliphatic carbocycles. The molecule has 3 rings (SSSR count). The van der Waals surface area contributed by atoms with Crippen molar-refractivity contribution in [1.82, 2.24) is 15.5 Å². The normalized spacial score (nSPS) is 16.0. The number of carbonyl (C=O) groups excluding carboxylic acids is 2. The van der Waals surface area contributed by atoms with Gasteiger partial charge in [0.15, 0.2) is 5.82 Å². The Balaban J connectivity index is 1.46. The molecule has 10 nitrogen and oxygen atoms in total. The zero-order chi connectivity index (χ0) is 29.4. The lowest BCUT2D eigenvalue weighted by Crippen LogP contribution is -2.45. The Morgan fingerprint density at radius 1 is 1.20 bits per heavy atom. The number of halogens is 1. The van der Waals surface area contributed by atoms with E-state index in [0.29, 0.717) is 30.2 Å². The van der Waals surface area contributed by atoms with Crippen molar-refractivity contribution < 1.29 is 32.7 Å². The number of nitrogens with one attached hydrogen (secondary N) is 1. The molecule has 1 aliphatic rings. The summed E-state index contributed by atoms with van der Waals surface area (Å²) in [4.78, 5) is 31.0. The second-order valence-electron chi connectivity index (χ2n) is 11.7. The molecule has 11 heteroatoms. The number of amides is 1. The highest BCUT2D eigenvalue weighted by Crippen LogP contribution is 2.30. The molecule has 0 radical (unpaired) electrons. The fourth-order valence-corrected chi connectivity index (χ4v) is 4.64. The molecule has 1 fully saturated rings. The van der Waals surface area contributed by atoms with Crippen molar-refractivity contribution in [2.45, 2.75) is 84.8 Å². The molecule has 2 heterocycles. The minimum Gasteiger partial charge on any atom is -0.493 e. The van der Waals surface area contributed by atoms with Crippen molar-refractivity contribution in [3.05, 3.63) is 35.4 Å². The van der Waals surface area contributed by atoms with Crippen LogP contribution in [0.2, 0.25) is 0 Å². The molecule has 1 aromatic heterocycles. The van der Waals surface area contributed by atoms with Gasteiger partial charge in [-0.25, -0.2) is 14.0 Å². The van der Waals surface area contributed by atoms with E-state index in [-0.39, 0.29) is 17.9 Å². The quantitative estimate of drug-likeness (QED) is 0.366. The Hall–Kier alpha value is -3.37. The average Bonchev–Trinajstić information content (AvgIpc) is 3.39. The maximum atomic E-state index is 14.9. The highest BCUT2D eigenvalue weighted by molar-refractivity contribution is 5.81. The van der Waals surface area contributed by atoms with E-state index in [1.165, 1.54) is 13.2 Å². The van der Waals surface area contributed by atoms with E-state index >= 15 is 0 Å². The van der Waals surface area contributed by atoms with Crippen LogP contribution in [0.15, 0.2) is 22.7 Å². The Kier molecular flexibility index (Phi) is 10.8. The standard InChI is InChI=1S/C29H43FN4O6/c1-18(2)25-32-27(40-33-25)34-13-10-20(11-14-34)19(3)12-15-38-22-9-8-21(23(30)17-22)16-24(26(35)37-7)31-28(36)39-29(4,5)6/h8-9,17-20,24H,10-16H2,1-7H3,(H,31,36)/t19-,24+/m1/s1. The van der Waals surface area contributed by atoms with E-state index in [1.807, 2.05) is 13.8 Å². The first-order valence-electron chi connectivity index (χ1n) is 13.9. The van der Waals surface area contributed by atoms with Crippen LogP contribution in [0.5, 0.6) is 5.75 Å². The highest BCUT2D eigenvalue weighted by Gasteiger charge is 2.28. The lowest BCUT2D eigenvalue weighted by molar-refractivity contribution is -0.143. The van der Waals surface area contributed by atoms with Crippen LogP contribution in [-0.2, 0) is 20.7 Å². The van der Waals surface area contributed by atoms with Gasteiger partial charge in [-0.15, -0.1) is 0 Å². The molecule has 2 aromatic rings. The van der Waals surface area contributed by atoms with Gasteiger partial charge in [0.05, 0.1) is 13.7 Å². The predicted octanol–water partition coefficient (Wildman–Crippen LogP) is 5.26. The molecule has 1 saturated heterocycles. The van der Waals surface area contributed by atoms with Gasteiger partial charge in [-0.05, 0) is 63.5 Å². The Bertz CT molecular complexity index is 1120. The molecule has 1 aliphatic heterocycles. The third kappa shape index (κ3) is 9.09. The van der Waals surface area contributed by atoms with Crippen molar-refractivity contribution >= 4 is 18.1 Å². The molecule has 1 N–H and O–H groups in total. The fourth-order valence-electron chi connectivity index (χ4n) is 4.64. The summed E-state index contributed by atoms with van der Waals surface area (Å²) in [6, 6.07) is 4.03. The number of hydrogen-bond acceptors (Lipinski definition) is 9. The largest absolute Gasteiger partial charge is 0.493 e. The maximum absolute atomic E-state index is 14.9. The summed E-state index contributed by atoms with van der Waals surface area (Å²) < 4.78 is 36.1. The molecule has 2 atom stereocenters. The van der Waals surface area contributed by atoms with E-state index in [2.05, 4.69) is 27.3 Å². The van der Waals surface area contributed by atoms with Gasteiger partial charge in [-0.1, -0.05) is 32.0 Å². The second-order valence-corrected chi connectivity index (χ2v) is 11.7. The SMILES string of the molecule is COC(=O)[C@H](Cc1ccc(OCC[C@@H](C)C2CCN(c3nc(C(C)C)no3)CC2)cc1F)NC(=O)OC(C)(C)C. The fraction of sp³-hybridized carbons (Fsp3) is 0.655. The predicted molar refractivity (Wildman–Crippen MR) is 148 cm³/mol. The van der Waals surface area contributed by atoms with Gasteiger partial charge in [0.25, 0.3) is 0 Å². The maximum Gasteiger partial charge on any atom is 0.408 e. The van der Waals surface area contributed by atoms with Crippen molar-refractivity contribution in [1.29, 1.82) is 0 Å². The number of anilines is 1. The number of carbonyl (C=O) groups is 2. The third-order valence-corrected chi connectivity index (χ3v) is 7.03. The lowest BCUT2D eigenvalue weighted by atomic mass is 9.84. The van der Waals surface area contributed by atoms with Gasteiger partial charge in [0.1, 0.15) is 23.2 Å². The molecule has 1 aromatic carbocycles. The van der Waals surface area contributed by atoms with Crippen LogP contribution in [0, 0.1) is 17.7 Å².